The van der Waals surface area contributed by atoms with E-state index in [0.29, 0.717) is 0 Å². The fraction of sp³-hybridized carbons (Fsp3) is 0.462. The summed E-state index contributed by atoms with van der Waals surface area (Å²) in [6, 6.07) is 7.71. The molecule has 1 amide bonds. The molecule has 0 radical (unpaired) electrons. The number of amides is 1. The van der Waals surface area contributed by atoms with Gasteiger partial charge in [0.15, 0.2) is 6.10 Å². The van der Waals surface area contributed by atoms with E-state index in [1.54, 1.807) is 0 Å². The molecule has 1 saturated heterocycles. The Bertz CT molecular complexity index is 380. The highest BCUT2D eigenvalue weighted by atomic mass is 79.9. The Hall–Kier alpha value is -0.910. The molecular formula is C13H18BrNO3. The number of methoxy groups -OCH3 is 1. The zero-order chi connectivity index (χ0) is 13.5. The Morgan fingerprint density at radius 1 is 1.28 bits per heavy atom. The van der Waals surface area contributed by atoms with Crippen molar-refractivity contribution >= 4 is 21.8 Å². The molecule has 1 fully saturated rings. The van der Waals surface area contributed by atoms with Gasteiger partial charge in [-0.1, -0.05) is 41.9 Å². The van der Waals surface area contributed by atoms with Crippen LogP contribution in [-0.4, -0.2) is 25.9 Å². The summed E-state index contributed by atoms with van der Waals surface area (Å²) < 4.78 is 11.1. The second-order valence-corrected chi connectivity index (χ2v) is 4.45. The van der Waals surface area contributed by atoms with Crippen molar-refractivity contribution in [3.63, 3.8) is 0 Å². The number of rotatable bonds is 4. The van der Waals surface area contributed by atoms with Crippen LogP contribution in [0.1, 0.15) is 25.5 Å². The summed E-state index contributed by atoms with van der Waals surface area (Å²) in [7, 11) is 1.53. The largest absolute Gasteiger partial charge is 0.359 e. The number of benzene rings is 1. The van der Waals surface area contributed by atoms with Crippen LogP contribution in [0.3, 0.4) is 0 Å². The minimum atomic E-state index is -0.443. The first-order chi connectivity index (χ1) is 8.72. The van der Waals surface area contributed by atoms with Gasteiger partial charge in [-0.05, 0) is 17.7 Å². The van der Waals surface area contributed by atoms with Gasteiger partial charge in [0.2, 0.25) is 0 Å². The third-order valence-corrected chi connectivity index (χ3v) is 2.98. The minimum absolute atomic E-state index is 0.0734. The first kappa shape index (κ1) is 15.1. The number of carbonyl (C=O) groups is 1. The fourth-order valence-corrected chi connectivity index (χ4v) is 1.87. The molecule has 1 aromatic rings. The van der Waals surface area contributed by atoms with Gasteiger partial charge in [-0.3, -0.25) is 4.79 Å². The van der Waals surface area contributed by atoms with E-state index >= 15 is 0 Å². The van der Waals surface area contributed by atoms with Gasteiger partial charge < -0.3 is 14.8 Å². The standard InChI is InChI=1S/C11H12BrNO3.C2H6/c1-15-6-16-10-9(13-11(10)14)7-2-4-8(12)5-3-7;1-2/h2-5,9-10H,6H2,1H3,(H,13,14);1-2H3. The van der Waals surface area contributed by atoms with Crippen LogP contribution < -0.4 is 5.32 Å². The van der Waals surface area contributed by atoms with Gasteiger partial charge in [-0.25, -0.2) is 0 Å². The van der Waals surface area contributed by atoms with Crippen LogP contribution in [0.4, 0.5) is 0 Å². The van der Waals surface area contributed by atoms with Gasteiger partial charge in [-0.2, -0.15) is 0 Å². The van der Waals surface area contributed by atoms with Crippen molar-refractivity contribution in [2.75, 3.05) is 13.9 Å². The topological polar surface area (TPSA) is 47.6 Å². The number of hydrogen-bond acceptors (Lipinski definition) is 3. The average Bonchev–Trinajstić information content (AvgIpc) is 2.40. The third kappa shape index (κ3) is 3.54. The minimum Gasteiger partial charge on any atom is -0.359 e. The Morgan fingerprint density at radius 3 is 2.39 bits per heavy atom. The van der Waals surface area contributed by atoms with Crippen molar-refractivity contribution in [2.45, 2.75) is 26.0 Å². The first-order valence-electron chi connectivity index (χ1n) is 5.89. The van der Waals surface area contributed by atoms with Crippen molar-refractivity contribution in [2.24, 2.45) is 0 Å². The summed E-state index contributed by atoms with van der Waals surface area (Å²) in [4.78, 5) is 11.3. The molecule has 1 aliphatic rings. The van der Waals surface area contributed by atoms with Gasteiger partial charge in [-0.15, -0.1) is 0 Å². The molecule has 1 aromatic carbocycles. The Morgan fingerprint density at radius 2 is 1.89 bits per heavy atom. The molecule has 2 unspecified atom stereocenters. The number of β-lactam (4-membered cyclic amide) rings is 1. The molecule has 1 N–H and O–H groups in total. The Kier molecular flexibility index (Phi) is 6.32. The summed E-state index contributed by atoms with van der Waals surface area (Å²) in [5.74, 6) is -0.0926. The Balaban J connectivity index is 0.000000771. The second-order valence-electron chi connectivity index (χ2n) is 3.53. The number of carbonyl (C=O) groups excluding carboxylic acids is 1. The van der Waals surface area contributed by atoms with Crippen LogP contribution in [0.2, 0.25) is 0 Å². The maximum absolute atomic E-state index is 11.3. The molecule has 1 aliphatic heterocycles. The van der Waals surface area contributed by atoms with E-state index in [2.05, 4.69) is 21.2 Å². The summed E-state index contributed by atoms with van der Waals surface area (Å²) in [5, 5.41) is 2.80. The van der Waals surface area contributed by atoms with Crippen LogP contribution in [0.5, 0.6) is 0 Å². The number of ether oxygens (including phenoxy) is 2. The second kappa shape index (κ2) is 7.51. The SMILES string of the molecule is CC.COCOC1C(=O)NC1c1ccc(Br)cc1. The highest BCUT2D eigenvalue weighted by molar-refractivity contribution is 9.10. The molecule has 18 heavy (non-hydrogen) atoms. The summed E-state index contributed by atoms with van der Waals surface area (Å²) in [5.41, 5.74) is 1.03. The van der Waals surface area contributed by atoms with Crippen molar-refractivity contribution in [3.05, 3.63) is 34.3 Å². The molecule has 2 atom stereocenters. The molecule has 0 bridgehead atoms. The van der Waals surface area contributed by atoms with E-state index in [4.69, 9.17) is 9.47 Å². The van der Waals surface area contributed by atoms with Gasteiger partial charge >= 0.3 is 0 Å². The predicted molar refractivity (Wildman–Crippen MR) is 73.1 cm³/mol. The van der Waals surface area contributed by atoms with E-state index in [-0.39, 0.29) is 18.7 Å². The highest BCUT2D eigenvalue weighted by Gasteiger charge is 2.41. The monoisotopic (exact) mass is 315 g/mol. The van der Waals surface area contributed by atoms with Gasteiger partial charge in [0.05, 0.1) is 6.04 Å². The Labute approximate surface area is 116 Å². The summed E-state index contributed by atoms with van der Waals surface area (Å²) >= 11 is 3.36. The maximum Gasteiger partial charge on any atom is 0.252 e. The van der Waals surface area contributed by atoms with E-state index in [9.17, 15) is 4.79 Å². The fourth-order valence-electron chi connectivity index (χ4n) is 1.61. The molecule has 5 heteroatoms. The molecule has 0 aliphatic carbocycles. The number of hydrogen-bond donors (Lipinski definition) is 1. The van der Waals surface area contributed by atoms with Gasteiger partial charge in [0.1, 0.15) is 6.79 Å². The normalized spacial score (nSPS) is 21.4. The van der Waals surface area contributed by atoms with Crippen LogP contribution in [0.15, 0.2) is 28.7 Å². The lowest BCUT2D eigenvalue weighted by Crippen LogP contribution is -2.57. The van der Waals surface area contributed by atoms with Gasteiger partial charge in [0, 0.05) is 11.6 Å². The van der Waals surface area contributed by atoms with Crippen LogP contribution in [-0.2, 0) is 14.3 Å². The molecule has 0 spiro atoms. The lowest BCUT2D eigenvalue weighted by molar-refractivity contribution is -0.161. The van der Waals surface area contributed by atoms with E-state index < -0.39 is 6.10 Å². The van der Waals surface area contributed by atoms with Crippen LogP contribution >= 0.6 is 15.9 Å². The molecule has 4 nitrogen and oxygen atoms in total. The third-order valence-electron chi connectivity index (χ3n) is 2.45. The first-order valence-corrected chi connectivity index (χ1v) is 6.68. The summed E-state index contributed by atoms with van der Waals surface area (Å²) in [6.07, 6.45) is -0.443. The average molecular weight is 316 g/mol. The quantitative estimate of drug-likeness (QED) is 0.686. The predicted octanol–water partition coefficient (Wildman–Crippen LogP) is 2.64. The molecule has 0 saturated carbocycles. The van der Waals surface area contributed by atoms with Crippen LogP contribution in [0.25, 0.3) is 0 Å². The lowest BCUT2D eigenvalue weighted by atomic mass is 9.94. The maximum atomic E-state index is 11.3. The zero-order valence-corrected chi connectivity index (χ0v) is 12.4. The van der Waals surface area contributed by atoms with E-state index in [1.807, 2.05) is 38.1 Å². The van der Waals surface area contributed by atoms with Gasteiger partial charge in [0.25, 0.3) is 5.91 Å². The molecule has 0 aromatic heterocycles. The molecule has 1 heterocycles. The van der Waals surface area contributed by atoms with Crippen molar-refractivity contribution < 1.29 is 14.3 Å². The molecular weight excluding hydrogens is 298 g/mol. The van der Waals surface area contributed by atoms with E-state index in [0.717, 1.165) is 10.0 Å². The lowest BCUT2D eigenvalue weighted by Gasteiger charge is -2.36. The summed E-state index contributed by atoms with van der Waals surface area (Å²) in [6.45, 7) is 4.13. The van der Waals surface area contributed by atoms with Crippen molar-refractivity contribution in [1.29, 1.82) is 0 Å². The van der Waals surface area contributed by atoms with Crippen LogP contribution in [0, 0.1) is 0 Å². The number of nitrogens with one attached hydrogen (secondary N) is 1. The highest BCUT2D eigenvalue weighted by Crippen LogP contribution is 2.28. The zero-order valence-electron chi connectivity index (χ0n) is 10.8. The smallest absolute Gasteiger partial charge is 0.252 e. The van der Waals surface area contributed by atoms with Crippen molar-refractivity contribution in [3.8, 4) is 0 Å². The molecule has 100 valence electrons. The molecule has 2 rings (SSSR count). The van der Waals surface area contributed by atoms with E-state index in [1.165, 1.54) is 7.11 Å². The number of halogens is 1. The van der Waals surface area contributed by atoms with Crippen molar-refractivity contribution in [1.82, 2.24) is 5.32 Å².